The average molecular weight is 1540 g/mol. The van der Waals surface area contributed by atoms with Gasteiger partial charge in [0.2, 0.25) is 70.9 Å². The fourth-order valence-electron chi connectivity index (χ4n) is 12.8. The molecule has 1 aromatic heterocycles. The van der Waals surface area contributed by atoms with Gasteiger partial charge in [-0.05, 0) is 126 Å². The summed E-state index contributed by atoms with van der Waals surface area (Å²) >= 11 is 1.43. The number of carbonyl (C=O) groups excluding carboxylic acids is 12. The summed E-state index contributed by atoms with van der Waals surface area (Å²) in [5, 5.41) is 34.6. The van der Waals surface area contributed by atoms with Gasteiger partial charge in [-0.15, -0.1) is 0 Å². The molecule has 4 aliphatic heterocycles. The molecule has 1 aromatic carbocycles. The van der Waals surface area contributed by atoms with E-state index >= 15 is 0 Å². The fraction of sp³-hybridized carbons (Fsp3) is 0.642. The number of carboxylic acid groups (broad SMARTS) is 1. The Morgan fingerprint density at radius 1 is 0.660 bits per heavy atom. The molecule has 2 aromatic rings. The number of carboxylic acids is 1. The number of aliphatic carboxylic acids is 1. The van der Waals surface area contributed by atoms with Crippen LogP contribution in [0.3, 0.4) is 0 Å². The number of benzene rings is 1. The van der Waals surface area contributed by atoms with Crippen LogP contribution in [0.1, 0.15) is 121 Å². The molecular weight excluding hydrogens is 1430 g/mol. The summed E-state index contributed by atoms with van der Waals surface area (Å²) in [5.74, 6) is -10.4. The number of aliphatic imine (C=N–C) groups is 2. The Balaban J connectivity index is 1.19. The van der Waals surface area contributed by atoms with Crippen LogP contribution in [-0.4, -0.2) is 260 Å². The first kappa shape index (κ1) is 86.0. The molecule has 0 saturated carbocycles. The highest BCUT2D eigenvalue weighted by molar-refractivity contribution is 8.76. The Hall–Kier alpha value is -8.95. The Kier molecular flexibility index (Phi) is 35.9. The Labute approximate surface area is 628 Å². The molecule has 5 heterocycles. The third-order valence-electron chi connectivity index (χ3n) is 18.3. The molecule has 106 heavy (non-hydrogen) atoms. The van der Waals surface area contributed by atoms with Crippen molar-refractivity contribution >= 4 is 122 Å². The molecule has 0 spiro atoms. The molecule has 0 radical (unpaired) electrons. The lowest BCUT2D eigenvalue weighted by molar-refractivity contribution is -0.145. The zero-order chi connectivity index (χ0) is 77.4. The van der Waals surface area contributed by atoms with Crippen molar-refractivity contribution in [3.63, 3.8) is 0 Å². The van der Waals surface area contributed by atoms with Gasteiger partial charge < -0.3 is 107 Å². The number of nitrogens with two attached hydrogens (primary N) is 6. The van der Waals surface area contributed by atoms with E-state index in [1.807, 2.05) is 6.26 Å². The summed E-state index contributed by atoms with van der Waals surface area (Å²) < 4.78 is 0. The first-order valence-corrected chi connectivity index (χ1v) is 39.7. The maximum absolute atomic E-state index is 14.9. The molecule has 36 nitrogen and oxygen atoms in total. The first-order valence-electron chi connectivity index (χ1n) is 35.8. The highest BCUT2D eigenvalue weighted by Gasteiger charge is 2.44. The molecule has 4 aliphatic rings. The molecule has 12 amide bonds. The Bertz CT molecular complexity index is 3370. The van der Waals surface area contributed by atoms with Gasteiger partial charge in [0.05, 0.1) is 18.9 Å². The van der Waals surface area contributed by atoms with Gasteiger partial charge in [-0.2, -0.15) is 11.8 Å². The van der Waals surface area contributed by atoms with E-state index in [1.165, 1.54) is 39.0 Å². The number of imidazole rings is 1. The molecule has 0 aliphatic carbocycles. The summed E-state index contributed by atoms with van der Waals surface area (Å²) in [5.41, 5.74) is 35.7. The van der Waals surface area contributed by atoms with Gasteiger partial charge in [0.1, 0.15) is 66.5 Å². The Morgan fingerprint density at radius 3 is 1.90 bits per heavy atom. The van der Waals surface area contributed by atoms with Crippen molar-refractivity contribution in [2.24, 2.45) is 50.3 Å². The summed E-state index contributed by atoms with van der Waals surface area (Å²) in [7, 11) is 2.10. The number of aromatic nitrogens is 2. The minimum atomic E-state index is -1.49. The minimum absolute atomic E-state index is 0.00709. The second-order valence-electron chi connectivity index (χ2n) is 26.9. The van der Waals surface area contributed by atoms with Crippen LogP contribution in [0.2, 0.25) is 0 Å². The van der Waals surface area contributed by atoms with E-state index in [0.717, 1.165) is 21.6 Å². The number of nitrogens with one attached hydrogen (secondary N) is 10. The maximum Gasteiger partial charge on any atom is 0.326 e. The monoisotopic (exact) mass is 1540 g/mol. The number of thioether (sulfide) groups is 1. The zero-order valence-corrected chi connectivity index (χ0v) is 62.7. The van der Waals surface area contributed by atoms with Gasteiger partial charge in [-0.25, -0.2) is 9.78 Å². The quantitative estimate of drug-likeness (QED) is 0.0137. The largest absolute Gasteiger partial charge is 0.480 e. The van der Waals surface area contributed by atoms with Crippen LogP contribution in [0.5, 0.6) is 0 Å². The molecule has 0 bridgehead atoms. The van der Waals surface area contributed by atoms with Gasteiger partial charge >= 0.3 is 5.97 Å². The lowest BCUT2D eigenvalue weighted by Crippen LogP contribution is -2.61. The standard InChI is InChI=1S/C67H106N22O14S3/c1-38(2)30-46-57(94)86-49(36-106-105-35-41(69)54(91)81-44(18-10-25-76-67(72)73)63(100)88-27-12-20-51(88)61(98)80-43(56(93)83-46)17-9-24-75-66(70)71)59(96)84-47(32-40-33-74-37-78-40)58(95)79-42(16-7-8-23-68)55(92)77-34-53(90)87-26-11-19-50(87)60(97)82-45(22-29-104-3)64(101)89-28-13-21-52(89)62(99)85-48(65(102)103)31-39-14-5-4-6-15-39/h4-6,14-15,33,37-38,41-52H,7-13,16-32,34-36,68-69H2,1-3H3,(H,74,78)(H,77,92)(H,79,95)(H,80,98)(H,81,91)(H,82,97)(H,83,93)(H,84,96)(H,85,99)(H,86,94)(H,102,103)(H4,70,71,75)(H4,72,73,76)/t41-,42-,43?,44-,45-,46-,47-,48-,49?,50-,51-,52-/m0/s1. The maximum atomic E-state index is 14.9. The zero-order valence-electron chi connectivity index (χ0n) is 60.3. The molecule has 23 N–H and O–H groups in total. The lowest BCUT2D eigenvalue weighted by atomic mass is 10.0. The number of unbranched alkanes of at least 4 members (excludes halogenated alkanes) is 1. The molecule has 4 saturated heterocycles. The number of carbonyl (C=O) groups is 13. The molecular formula is C67H106N22O14S3. The highest BCUT2D eigenvalue weighted by atomic mass is 33.1. The number of hydrogen-bond donors (Lipinski definition) is 17. The predicted octanol–water partition coefficient (Wildman–Crippen LogP) is -4.00. The molecule has 39 heteroatoms. The fourth-order valence-corrected chi connectivity index (χ4v) is 15.5. The van der Waals surface area contributed by atoms with E-state index in [0.29, 0.717) is 49.1 Å². The third-order valence-corrected chi connectivity index (χ3v) is 21.4. The van der Waals surface area contributed by atoms with E-state index in [1.54, 1.807) is 44.2 Å². The van der Waals surface area contributed by atoms with E-state index in [4.69, 9.17) is 34.4 Å². The van der Waals surface area contributed by atoms with Gasteiger partial charge in [0, 0.05) is 69.0 Å². The van der Waals surface area contributed by atoms with Crippen molar-refractivity contribution in [3.05, 3.63) is 54.1 Å². The number of amides is 12. The Morgan fingerprint density at radius 2 is 1.26 bits per heavy atom. The smallest absolute Gasteiger partial charge is 0.326 e. The van der Waals surface area contributed by atoms with Crippen LogP contribution in [0.4, 0.5) is 0 Å². The number of fused-ring (bicyclic) bond motifs is 1. The minimum Gasteiger partial charge on any atom is -0.480 e. The molecule has 6 rings (SSSR count). The van der Waals surface area contributed by atoms with Gasteiger partial charge in [0.25, 0.3) is 0 Å². The number of H-pyrrole nitrogens is 1. The molecule has 2 unspecified atom stereocenters. The summed E-state index contributed by atoms with van der Waals surface area (Å²) in [6, 6.07) is -6.11. The number of nitrogens with zero attached hydrogens (tertiary/aromatic N) is 6. The van der Waals surface area contributed by atoms with E-state index < -0.39 is 156 Å². The van der Waals surface area contributed by atoms with E-state index in [9.17, 15) is 67.4 Å². The number of likely N-dealkylation sites (tertiary alicyclic amines) is 2. The van der Waals surface area contributed by atoms with Crippen molar-refractivity contribution < 1.29 is 67.4 Å². The molecule has 4 fully saturated rings. The molecule has 586 valence electrons. The van der Waals surface area contributed by atoms with Crippen molar-refractivity contribution in [1.29, 1.82) is 0 Å². The topological polar surface area (TPSA) is 570 Å². The van der Waals surface area contributed by atoms with Crippen LogP contribution < -0.4 is 82.3 Å². The second-order valence-corrected chi connectivity index (χ2v) is 30.4. The average Bonchev–Trinajstić information content (AvgIpc) is 1.63. The summed E-state index contributed by atoms with van der Waals surface area (Å²) in [6.45, 7) is 3.83. The van der Waals surface area contributed by atoms with E-state index in [-0.39, 0.29) is 146 Å². The van der Waals surface area contributed by atoms with Crippen LogP contribution in [0.15, 0.2) is 52.8 Å². The molecule has 12 atom stereocenters. The van der Waals surface area contributed by atoms with E-state index in [2.05, 4.69) is 67.8 Å². The first-order chi connectivity index (χ1) is 50.7. The number of guanidine groups is 2. The number of aromatic amines is 1. The summed E-state index contributed by atoms with van der Waals surface area (Å²) in [4.78, 5) is 204. The second kappa shape index (κ2) is 44.2. The van der Waals surface area contributed by atoms with Crippen molar-refractivity contribution in [1.82, 2.24) is 72.5 Å². The van der Waals surface area contributed by atoms with Crippen LogP contribution in [-0.2, 0) is 75.2 Å². The number of rotatable bonds is 34. The van der Waals surface area contributed by atoms with Crippen LogP contribution in [0.25, 0.3) is 0 Å². The SMILES string of the molecule is CSCC[C@H](NC(=O)[C@@H]1CCCN1C(=O)CNC(=O)[C@H](CCCCN)NC(=O)[C@H](Cc1cnc[nH]1)NC(=O)C1CSSC[C@H](N)C(=O)N[C@@H](CCCN=C(N)N)C(=O)N2CCC[C@H]2C(=O)NC(CCCN=C(N)N)C(=O)N[C@@H](CC(C)C)C(=O)N1)C(=O)N1CCC[C@H]1C(=O)N[C@@H](Cc1ccccc1)C(=O)O. The van der Waals surface area contributed by atoms with Gasteiger partial charge in [-0.3, -0.25) is 67.5 Å². The van der Waals surface area contributed by atoms with Crippen molar-refractivity contribution in [2.45, 2.75) is 196 Å². The van der Waals surface area contributed by atoms with Crippen LogP contribution in [0, 0.1) is 5.92 Å². The summed E-state index contributed by atoms with van der Waals surface area (Å²) in [6.07, 6.45) is 7.69. The van der Waals surface area contributed by atoms with Gasteiger partial charge in [0.15, 0.2) is 11.9 Å². The van der Waals surface area contributed by atoms with Crippen molar-refractivity contribution in [2.75, 3.05) is 69.3 Å². The number of hydrogen-bond acceptors (Lipinski definition) is 21. The van der Waals surface area contributed by atoms with Crippen molar-refractivity contribution in [3.8, 4) is 0 Å². The van der Waals surface area contributed by atoms with Crippen LogP contribution >= 0.6 is 33.3 Å². The lowest BCUT2D eigenvalue weighted by Gasteiger charge is -2.31. The third kappa shape index (κ3) is 27.4. The predicted molar refractivity (Wildman–Crippen MR) is 401 cm³/mol. The normalized spacial score (nSPS) is 22.4. The highest BCUT2D eigenvalue weighted by Crippen LogP contribution is 2.26. The van der Waals surface area contributed by atoms with Gasteiger partial charge in [-0.1, -0.05) is 65.8 Å².